The molecule has 0 fully saturated rings. The number of aromatic nitrogens is 1. The molecule has 7 nitrogen and oxygen atoms in total. The molecule has 0 radical (unpaired) electrons. The lowest BCUT2D eigenvalue weighted by Crippen LogP contribution is -2.41. The number of benzene rings is 1. The second-order valence-electron chi connectivity index (χ2n) is 5.74. The van der Waals surface area contributed by atoms with Crippen LogP contribution in [0.25, 0.3) is 0 Å². The lowest BCUT2D eigenvalue weighted by molar-refractivity contribution is 0.102. The summed E-state index contributed by atoms with van der Waals surface area (Å²) in [7, 11) is 3.01. The number of amides is 1. The van der Waals surface area contributed by atoms with E-state index in [1.54, 1.807) is 30.5 Å². The summed E-state index contributed by atoms with van der Waals surface area (Å²) in [6.45, 7) is 0. The monoisotopic (exact) mass is 408 g/mol. The van der Waals surface area contributed by atoms with Gasteiger partial charge in [-0.1, -0.05) is 11.6 Å². The Morgan fingerprint density at radius 3 is 2.89 bits per heavy atom. The summed E-state index contributed by atoms with van der Waals surface area (Å²) < 4.78 is 20.5. The van der Waals surface area contributed by atoms with E-state index < -0.39 is 28.6 Å². The van der Waals surface area contributed by atoms with Gasteiger partial charge in [0.2, 0.25) is 5.96 Å². The lowest BCUT2D eigenvalue weighted by atomic mass is 10.1. The van der Waals surface area contributed by atoms with Crippen molar-refractivity contribution in [2.24, 2.45) is 15.1 Å². The van der Waals surface area contributed by atoms with E-state index in [2.05, 4.69) is 19.7 Å². The number of aliphatic imine (C=N–C) groups is 1. The van der Waals surface area contributed by atoms with Crippen molar-refractivity contribution in [2.45, 2.75) is 6.04 Å². The van der Waals surface area contributed by atoms with Gasteiger partial charge in [-0.25, -0.2) is 18.7 Å². The average Bonchev–Trinajstić information content (AvgIpc) is 2.66. The average molecular weight is 409 g/mol. The standard InChI is InChI=1S/C17H18ClFN6OS/c1-21-27-9-15(24-17(20)25(27)2)12-7-11(4-5-13(12)19)23-16(26)14-6-3-10(18)8-22-14/h3-8,15H,9H2,1-2H3,(H2,20,24)(H,23,26). The SMILES string of the molecule is CN=S1CC(c2cc(NC(=O)c3ccc(Cl)cn3)ccc2F)N=C(N)N1C. The maximum atomic E-state index is 14.4. The van der Waals surface area contributed by atoms with Gasteiger partial charge < -0.3 is 11.1 Å². The van der Waals surface area contributed by atoms with E-state index in [1.807, 2.05) is 0 Å². The van der Waals surface area contributed by atoms with Crippen LogP contribution in [0.2, 0.25) is 5.02 Å². The Balaban J connectivity index is 1.86. The van der Waals surface area contributed by atoms with Crippen LogP contribution in [0.4, 0.5) is 10.1 Å². The number of carbonyl (C=O) groups is 1. The molecule has 1 amide bonds. The molecule has 10 heteroatoms. The Bertz CT molecular complexity index is 934. The van der Waals surface area contributed by atoms with Crippen molar-refractivity contribution >= 4 is 40.0 Å². The molecule has 0 spiro atoms. The van der Waals surface area contributed by atoms with E-state index in [9.17, 15) is 9.18 Å². The Labute approximate surface area is 163 Å². The van der Waals surface area contributed by atoms with E-state index in [4.69, 9.17) is 17.3 Å². The fourth-order valence-electron chi connectivity index (χ4n) is 2.58. The molecule has 1 aromatic carbocycles. The largest absolute Gasteiger partial charge is 0.369 e. The fourth-order valence-corrected chi connectivity index (χ4v) is 4.11. The Morgan fingerprint density at radius 2 is 2.22 bits per heavy atom. The molecular formula is C17H18ClFN6OS. The summed E-state index contributed by atoms with van der Waals surface area (Å²) in [5.74, 6) is -0.0116. The zero-order valence-corrected chi connectivity index (χ0v) is 16.3. The fraction of sp³-hybridized carbons (Fsp3) is 0.235. The van der Waals surface area contributed by atoms with E-state index in [1.165, 1.54) is 24.4 Å². The second-order valence-corrected chi connectivity index (χ2v) is 8.10. The molecule has 142 valence electrons. The Hall–Kier alpha value is -2.52. The number of hydrogen-bond acceptors (Lipinski definition) is 5. The topological polar surface area (TPSA) is 96.0 Å². The van der Waals surface area contributed by atoms with E-state index >= 15 is 0 Å². The summed E-state index contributed by atoms with van der Waals surface area (Å²) in [5.41, 5.74) is 6.94. The second kappa shape index (κ2) is 8.01. The van der Waals surface area contributed by atoms with Crippen molar-refractivity contribution in [3.63, 3.8) is 0 Å². The number of rotatable bonds is 3. The van der Waals surface area contributed by atoms with Crippen LogP contribution in [-0.4, -0.2) is 41.0 Å². The zero-order chi connectivity index (χ0) is 19.6. The number of hydrogen-bond donors (Lipinski definition) is 2. The highest BCUT2D eigenvalue weighted by molar-refractivity contribution is 7.85. The molecule has 2 heterocycles. The van der Waals surface area contributed by atoms with Gasteiger partial charge in [0.15, 0.2) is 0 Å². The first-order chi connectivity index (χ1) is 12.9. The first-order valence-corrected chi connectivity index (χ1v) is 9.68. The summed E-state index contributed by atoms with van der Waals surface area (Å²) in [4.78, 5) is 20.7. The molecule has 0 saturated carbocycles. The lowest BCUT2D eigenvalue weighted by Gasteiger charge is -2.29. The predicted octanol–water partition coefficient (Wildman–Crippen LogP) is 2.77. The van der Waals surface area contributed by atoms with Crippen molar-refractivity contribution in [3.8, 4) is 0 Å². The minimum Gasteiger partial charge on any atom is -0.369 e. The van der Waals surface area contributed by atoms with Gasteiger partial charge in [0, 0.05) is 31.5 Å². The van der Waals surface area contributed by atoms with Crippen LogP contribution in [0.15, 0.2) is 45.9 Å². The number of nitrogens with zero attached hydrogens (tertiary/aromatic N) is 4. The van der Waals surface area contributed by atoms with Crippen molar-refractivity contribution in [3.05, 3.63) is 58.6 Å². The van der Waals surface area contributed by atoms with Gasteiger partial charge in [0.25, 0.3) is 5.91 Å². The van der Waals surface area contributed by atoms with Crippen LogP contribution in [0.5, 0.6) is 0 Å². The third-order valence-electron chi connectivity index (χ3n) is 4.02. The van der Waals surface area contributed by atoms with Crippen molar-refractivity contribution < 1.29 is 9.18 Å². The highest BCUT2D eigenvalue weighted by atomic mass is 35.5. The van der Waals surface area contributed by atoms with Crippen molar-refractivity contribution in [2.75, 3.05) is 25.2 Å². The van der Waals surface area contributed by atoms with Crippen LogP contribution in [0.3, 0.4) is 0 Å². The highest BCUT2D eigenvalue weighted by Crippen LogP contribution is 2.28. The van der Waals surface area contributed by atoms with Crippen LogP contribution >= 0.6 is 11.6 Å². The van der Waals surface area contributed by atoms with Gasteiger partial charge >= 0.3 is 0 Å². The van der Waals surface area contributed by atoms with Gasteiger partial charge in [-0.3, -0.25) is 9.10 Å². The molecule has 27 heavy (non-hydrogen) atoms. The number of anilines is 1. The smallest absolute Gasteiger partial charge is 0.274 e. The first kappa shape index (κ1) is 19.2. The van der Waals surface area contributed by atoms with Gasteiger partial charge in [-0.2, -0.15) is 0 Å². The number of halogens is 2. The maximum Gasteiger partial charge on any atom is 0.274 e. The van der Waals surface area contributed by atoms with Crippen LogP contribution < -0.4 is 11.1 Å². The van der Waals surface area contributed by atoms with Crippen LogP contribution in [0, 0.1) is 5.82 Å². The zero-order valence-electron chi connectivity index (χ0n) is 14.7. The summed E-state index contributed by atoms with van der Waals surface area (Å²) in [6.07, 6.45) is 1.39. The van der Waals surface area contributed by atoms with Crippen molar-refractivity contribution in [1.29, 1.82) is 0 Å². The Kier molecular flexibility index (Phi) is 5.71. The van der Waals surface area contributed by atoms with Gasteiger partial charge in [-0.05, 0) is 41.2 Å². The molecule has 3 N–H and O–H groups in total. The number of carbonyl (C=O) groups excluding carboxylic acids is 1. The van der Waals surface area contributed by atoms with E-state index in [0.717, 1.165) is 0 Å². The predicted molar refractivity (Wildman–Crippen MR) is 106 cm³/mol. The third-order valence-corrected chi connectivity index (χ3v) is 6.10. The number of nitrogens with two attached hydrogens (primary N) is 1. The number of guanidine groups is 1. The molecule has 0 bridgehead atoms. The van der Waals surface area contributed by atoms with Gasteiger partial charge in [0.1, 0.15) is 11.5 Å². The van der Waals surface area contributed by atoms with Gasteiger partial charge in [0.05, 0.1) is 16.8 Å². The maximum absolute atomic E-state index is 14.4. The summed E-state index contributed by atoms with van der Waals surface area (Å²) >= 11 is 5.78. The Morgan fingerprint density at radius 1 is 1.44 bits per heavy atom. The summed E-state index contributed by atoms with van der Waals surface area (Å²) in [6, 6.07) is 6.96. The minimum absolute atomic E-state index is 0.207. The van der Waals surface area contributed by atoms with Crippen LogP contribution in [0.1, 0.15) is 22.1 Å². The first-order valence-electron chi connectivity index (χ1n) is 7.99. The van der Waals surface area contributed by atoms with E-state index in [0.29, 0.717) is 28.0 Å². The minimum atomic E-state index is -0.489. The van der Waals surface area contributed by atoms with Gasteiger partial charge in [-0.15, -0.1) is 0 Å². The molecular weight excluding hydrogens is 391 g/mol. The highest BCUT2D eigenvalue weighted by Gasteiger charge is 2.25. The molecule has 1 aliphatic heterocycles. The molecule has 2 unspecified atom stereocenters. The number of pyridine rings is 1. The molecule has 1 aliphatic rings. The molecule has 3 rings (SSSR count). The molecule has 2 aromatic rings. The third kappa shape index (κ3) is 4.25. The molecule has 0 saturated heterocycles. The number of nitrogens with one attached hydrogen (secondary N) is 1. The van der Waals surface area contributed by atoms with Crippen LogP contribution in [-0.2, 0) is 10.9 Å². The van der Waals surface area contributed by atoms with Crippen molar-refractivity contribution in [1.82, 2.24) is 9.29 Å². The molecule has 1 aromatic heterocycles. The molecule has 2 atom stereocenters. The quantitative estimate of drug-likeness (QED) is 0.816. The molecule has 0 aliphatic carbocycles. The van der Waals surface area contributed by atoms with E-state index in [-0.39, 0.29) is 5.69 Å². The summed E-state index contributed by atoms with van der Waals surface area (Å²) in [5, 5.41) is 3.14. The normalized spacial score (nSPS) is 19.7.